The number of fused-ring (bicyclic) bond motifs is 1. The van der Waals surface area contributed by atoms with Crippen LogP contribution in [-0.2, 0) is 11.3 Å². The van der Waals surface area contributed by atoms with Crippen molar-refractivity contribution < 1.29 is 4.79 Å². The number of hydrogen-bond donors (Lipinski definition) is 3. The van der Waals surface area contributed by atoms with Gasteiger partial charge in [-0.3, -0.25) is 9.59 Å². The number of hydrogen-bond acceptors (Lipinski definition) is 3. The number of benzene rings is 1. The first-order valence-electron chi connectivity index (χ1n) is 6.83. The van der Waals surface area contributed by atoms with Crippen LogP contribution in [0.2, 0.25) is 0 Å². The third-order valence-electron chi connectivity index (χ3n) is 3.68. The lowest BCUT2D eigenvalue weighted by molar-refractivity contribution is -0.122. The fourth-order valence-corrected chi connectivity index (χ4v) is 2.49. The fraction of sp³-hybridized carbons (Fsp3) is 0.333. The van der Waals surface area contributed by atoms with E-state index in [4.69, 9.17) is 0 Å². The van der Waals surface area contributed by atoms with Crippen molar-refractivity contribution in [3.05, 3.63) is 46.2 Å². The first-order valence-corrected chi connectivity index (χ1v) is 6.83. The second kappa shape index (κ2) is 5.46. The monoisotopic (exact) mass is 271 g/mol. The number of amides is 1. The molecule has 0 saturated carbocycles. The second-order valence-corrected chi connectivity index (χ2v) is 5.13. The first kappa shape index (κ1) is 12.9. The van der Waals surface area contributed by atoms with Crippen molar-refractivity contribution in [1.82, 2.24) is 15.6 Å². The van der Waals surface area contributed by atoms with Crippen LogP contribution in [0.5, 0.6) is 0 Å². The maximum Gasteiger partial charge on any atom is 0.252 e. The highest BCUT2D eigenvalue weighted by atomic mass is 16.1. The maximum atomic E-state index is 12.0. The maximum absolute atomic E-state index is 12.0. The molecule has 1 saturated heterocycles. The molecule has 1 fully saturated rings. The second-order valence-electron chi connectivity index (χ2n) is 5.13. The lowest BCUT2D eigenvalue weighted by Gasteiger charge is -2.23. The van der Waals surface area contributed by atoms with Gasteiger partial charge in [0.2, 0.25) is 5.91 Å². The van der Waals surface area contributed by atoms with Crippen molar-refractivity contribution in [2.75, 3.05) is 6.54 Å². The van der Waals surface area contributed by atoms with Gasteiger partial charge in [-0.15, -0.1) is 0 Å². The van der Waals surface area contributed by atoms with E-state index in [1.165, 1.54) is 0 Å². The van der Waals surface area contributed by atoms with Crippen molar-refractivity contribution in [3.8, 4) is 0 Å². The van der Waals surface area contributed by atoms with Crippen molar-refractivity contribution in [2.24, 2.45) is 0 Å². The molecule has 0 bridgehead atoms. The van der Waals surface area contributed by atoms with Crippen molar-refractivity contribution in [3.63, 3.8) is 0 Å². The van der Waals surface area contributed by atoms with Gasteiger partial charge in [0.1, 0.15) is 0 Å². The molecule has 5 nitrogen and oxygen atoms in total. The third kappa shape index (κ3) is 2.72. The van der Waals surface area contributed by atoms with E-state index in [1.54, 1.807) is 0 Å². The van der Waals surface area contributed by atoms with Gasteiger partial charge in [0.05, 0.1) is 0 Å². The minimum atomic E-state index is -0.0592. The Morgan fingerprint density at radius 3 is 2.90 bits per heavy atom. The minimum Gasteiger partial charge on any atom is -0.355 e. The van der Waals surface area contributed by atoms with Gasteiger partial charge in [0, 0.05) is 36.6 Å². The summed E-state index contributed by atoms with van der Waals surface area (Å²) in [5.41, 5.74) is 1.52. The molecule has 1 aromatic carbocycles. The molecule has 0 aliphatic carbocycles. The lowest BCUT2D eigenvalue weighted by Crippen LogP contribution is -2.45. The summed E-state index contributed by atoms with van der Waals surface area (Å²) in [5.74, 6) is 0.103. The average Bonchev–Trinajstić information content (AvgIpc) is 2.47. The Morgan fingerprint density at radius 1 is 1.25 bits per heavy atom. The van der Waals surface area contributed by atoms with E-state index < -0.39 is 0 Å². The summed E-state index contributed by atoms with van der Waals surface area (Å²) in [6, 6.07) is 9.89. The van der Waals surface area contributed by atoms with Crippen LogP contribution in [0.4, 0.5) is 0 Å². The van der Waals surface area contributed by atoms with E-state index in [-0.39, 0.29) is 17.5 Å². The number of carbonyl (C=O) groups is 1. The van der Waals surface area contributed by atoms with E-state index in [0.717, 1.165) is 22.9 Å². The molecule has 3 N–H and O–H groups in total. The predicted octanol–water partition coefficient (Wildman–Crippen LogP) is 0.896. The number of nitrogens with one attached hydrogen (secondary N) is 3. The zero-order chi connectivity index (χ0) is 13.9. The Hall–Kier alpha value is -2.14. The fourth-order valence-electron chi connectivity index (χ4n) is 2.49. The number of rotatable bonds is 3. The van der Waals surface area contributed by atoms with Crippen LogP contribution >= 0.6 is 0 Å². The lowest BCUT2D eigenvalue weighted by atomic mass is 10.1. The van der Waals surface area contributed by atoms with Gasteiger partial charge < -0.3 is 15.6 Å². The first-order chi connectivity index (χ1) is 9.72. The van der Waals surface area contributed by atoms with Gasteiger partial charge in [-0.2, -0.15) is 0 Å². The largest absolute Gasteiger partial charge is 0.355 e. The summed E-state index contributed by atoms with van der Waals surface area (Å²) < 4.78 is 0. The molecule has 0 spiro atoms. The highest BCUT2D eigenvalue weighted by Crippen LogP contribution is 2.10. The molecule has 1 unspecified atom stereocenters. The van der Waals surface area contributed by atoms with Crippen LogP contribution in [0, 0.1) is 0 Å². The molecule has 1 aliphatic rings. The van der Waals surface area contributed by atoms with Gasteiger partial charge in [0.25, 0.3) is 5.56 Å². The van der Waals surface area contributed by atoms with Gasteiger partial charge >= 0.3 is 0 Å². The molecule has 1 aromatic heterocycles. The van der Waals surface area contributed by atoms with Crippen LogP contribution in [0.1, 0.15) is 18.4 Å². The number of carbonyl (C=O) groups excluding carboxylic acids is 1. The molecule has 2 aromatic rings. The molecular formula is C15H17N3O2. The summed E-state index contributed by atoms with van der Waals surface area (Å²) in [5, 5.41) is 7.18. The number of aromatic nitrogens is 1. The molecule has 3 rings (SSSR count). The Bertz CT molecular complexity index is 683. The molecule has 20 heavy (non-hydrogen) atoms. The Balaban J connectivity index is 1.72. The number of pyridine rings is 1. The SMILES string of the molecule is O=C1CCC(NCc2cc3ccccc3[nH]c2=O)CN1. The van der Waals surface area contributed by atoms with Crippen LogP contribution in [0.15, 0.2) is 35.1 Å². The van der Waals surface area contributed by atoms with E-state index in [0.29, 0.717) is 19.5 Å². The highest BCUT2D eigenvalue weighted by Gasteiger charge is 2.17. The minimum absolute atomic E-state index is 0.0592. The van der Waals surface area contributed by atoms with Gasteiger partial charge in [-0.05, 0) is 23.9 Å². The smallest absolute Gasteiger partial charge is 0.252 e. The standard InChI is InChI=1S/C15H17N3O2/c19-14-6-5-12(9-17-14)16-8-11-7-10-3-1-2-4-13(10)18-15(11)20/h1-4,7,12,16H,5-6,8-9H2,(H,17,19)(H,18,20). The zero-order valence-corrected chi connectivity index (χ0v) is 11.1. The molecule has 104 valence electrons. The van der Waals surface area contributed by atoms with Crippen molar-refractivity contribution in [2.45, 2.75) is 25.4 Å². The third-order valence-corrected chi connectivity index (χ3v) is 3.68. The van der Waals surface area contributed by atoms with Gasteiger partial charge in [-0.25, -0.2) is 0 Å². The molecule has 1 amide bonds. The number of H-pyrrole nitrogens is 1. The normalized spacial score (nSPS) is 19.0. The molecule has 1 aliphatic heterocycles. The van der Waals surface area contributed by atoms with E-state index >= 15 is 0 Å². The Morgan fingerprint density at radius 2 is 2.10 bits per heavy atom. The number of piperidine rings is 1. The van der Waals surface area contributed by atoms with E-state index in [9.17, 15) is 9.59 Å². The van der Waals surface area contributed by atoms with Crippen LogP contribution in [0.3, 0.4) is 0 Å². The quantitative estimate of drug-likeness (QED) is 0.776. The summed E-state index contributed by atoms with van der Waals surface area (Å²) in [7, 11) is 0. The van der Waals surface area contributed by atoms with Gasteiger partial charge in [-0.1, -0.05) is 18.2 Å². The van der Waals surface area contributed by atoms with E-state index in [2.05, 4.69) is 15.6 Å². The van der Waals surface area contributed by atoms with Crippen LogP contribution in [-0.4, -0.2) is 23.5 Å². The summed E-state index contributed by atoms with van der Waals surface area (Å²) in [6.45, 7) is 1.14. The average molecular weight is 271 g/mol. The van der Waals surface area contributed by atoms with Crippen LogP contribution < -0.4 is 16.2 Å². The molecule has 0 radical (unpaired) electrons. The molecule has 5 heteroatoms. The summed E-state index contributed by atoms with van der Waals surface area (Å²) >= 11 is 0. The Labute approximate surface area is 116 Å². The molecule has 1 atom stereocenters. The molecular weight excluding hydrogens is 254 g/mol. The van der Waals surface area contributed by atoms with Crippen LogP contribution in [0.25, 0.3) is 10.9 Å². The number of para-hydroxylation sites is 1. The zero-order valence-electron chi connectivity index (χ0n) is 11.1. The molecule has 2 heterocycles. The predicted molar refractivity (Wildman–Crippen MR) is 77.4 cm³/mol. The number of aromatic amines is 1. The van der Waals surface area contributed by atoms with Crippen molar-refractivity contribution >= 4 is 16.8 Å². The Kier molecular flexibility index (Phi) is 3.52. The summed E-state index contributed by atoms with van der Waals surface area (Å²) in [4.78, 5) is 26.0. The van der Waals surface area contributed by atoms with Gasteiger partial charge in [0.15, 0.2) is 0 Å². The van der Waals surface area contributed by atoms with Crippen molar-refractivity contribution in [1.29, 1.82) is 0 Å². The topological polar surface area (TPSA) is 74.0 Å². The highest BCUT2D eigenvalue weighted by molar-refractivity contribution is 5.78. The summed E-state index contributed by atoms with van der Waals surface area (Å²) in [6.07, 6.45) is 1.36. The van der Waals surface area contributed by atoms with E-state index in [1.807, 2.05) is 30.3 Å².